The molecule has 0 bridgehead atoms. The lowest BCUT2D eigenvalue weighted by molar-refractivity contribution is -0.116. The van der Waals surface area contributed by atoms with Crippen LogP contribution in [0.4, 0.5) is 5.69 Å². The molecule has 2 aromatic heterocycles. The van der Waals surface area contributed by atoms with Crippen molar-refractivity contribution in [2.24, 2.45) is 0 Å². The molecule has 0 aliphatic heterocycles. The van der Waals surface area contributed by atoms with Crippen LogP contribution in [0, 0.1) is 6.92 Å². The highest BCUT2D eigenvalue weighted by atomic mass is 16.3. The van der Waals surface area contributed by atoms with Crippen molar-refractivity contribution in [3.8, 4) is 0 Å². The molecule has 1 aromatic carbocycles. The minimum atomic E-state index is -0.0274. The number of benzene rings is 1. The summed E-state index contributed by atoms with van der Waals surface area (Å²) in [5.74, 6) is 0.793. The summed E-state index contributed by atoms with van der Waals surface area (Å²) in [6.45, 7) is 2.01. The van der Waals surface area contributed by atoms with Gasteiger partial charge in [-0.25, -0.2) is 0 Å². The van der Waals surface area contributed by atoms with Gasteiger partial charge in [0, 0.05) is 24.4 Å². The van der Waals surface area contributed by atoms with Crippen LogP contribution in [0.5, 0.6) is 0 Å². The second-order valence-electron chi connectivity index (χ2n) is 4.96. The summed E-state index contributed by atoms with van der Waals surface area (Å²) in [6, 6.07) is 11.4. The summed E-state index contributed by atoms with van der Waals surface area (Å²) in [4.78, 5) is 16.4. The number of aromatic nitrogens is 1. The van der Waals surface area contributed by atoms with E-state index in [1.54, 1.807) is 12.5 Å². The lowest BCUT2D eigenvalue weighted by atomic mass is 10.1. The first-order valence-corrected chi connectivity index (χ1v) is 6.90. The predicted molar refractivity (Wildman–Crippen MR) is 82.1 cm³/mol. The number of aryl methyl sites for hydroxylation is 2. The van der Waals surface area contributed by atoms with Crippen LogP contribution in [-0.2, 0) is 11.2 Å². The highest BCUT2D eigenvalue weighted by Crippen LogP contribution is 2.24. The number of carbonyl (C=O) groups is 1. The van der Waals surface area contributed by atoms with Gasteiger partial charge in [-0.05, 0) is 42.8 Å². The number of nitrogens with zero attached hydrogens (tertiary/aromatic N) is 1. The first kappa shape index (κ1) is 13.4. The number of hydrogen-bond acceptors (Lipinski definition) is 3. The summed E-state index contributed by atoms with van der Waals surface area (Å²) in [5, 5.41) is 3.92. The quantitative estimate of drug-likeness (QED) is 0.792. The number of amides is 1. The Labute approximate surface area is 122 Å². The highest BCUT2D eigenvalue weighted by Gasteiger charge is 2.08. The molecule has 1 amide bonds. The largest absolute Gasteiger partial charge is 0.469 e. The van der Waals surface area contributed by atoms with Gasteiger partial charge in [0.2, 0.25) is 5.91 Å². The molecule has 1 N–H and O–H groups in total. The summed E-state index contributed by atoms with van der Waals surface area (Å²) in [6.07, 6.45) is 4.37. The van der Waals surface area contributed by atoms with E-state index >= 15 is 0 Å². The summed E-state index contributed by atoms with van der Waals surface area (Å²) < 4.78 is 5.23. The lowest BCUT2D eigenvalue weighted by Gasteiger charge is -2.09. The second kappa shape index (κ2) is 5.79. The minimum absolute atomic E-state index is 0.0274. The number of carbonyl (C=O) groups excluding carboxylic acids is 1. The molecule has 3 rings (SSSR count). The molecule has 2 heterocycles. The fraction of sp³-hybridized carbons (Fsp3) is 0.176. The molecule has 0 radical (unpaired) electrons. The Morgan fingerprint density at radius 3 is 2.95 bits per heavy atom. The lowest BCUT2D eigenvalue weighted by Crippen LogP contribution is -2.12. The molecule has 0 aliphatic carbocycles. The third-order valence-electron chi connectivity index (χ3n) is 3.42. The maximum absolute atomic E-state index is 12.1. The predicted octanol–water partition coefficient (Wildman–Crippen LogP) is 3.71. The summed E-state index contributed by atoms with van der Waals surface area (Å²) >= 11 is 0. The van der Waals surface area contributed by atoms with Gasteiger partial charge < -0.3 is 9.73 Å². The van der Waals surface area contributed by atoms with Gasteiger partial charge in [-0.2, -0.15) is 0 Å². The first-order chi connectivity index (χ1) is 10.2. The van der Waals surface area contributed by atoms with E-state index in [4.69, 9.17) is 4.42 Å². The molecule has 106 valence electrons. The molecule has 0 saturated heterocycles. The zero-order valence-electron chi connectivity index (χ0n) is 11.8. The molecule has 21 heavy (non-hydrogen) atoms. The van der Waals surface area contributed by atoms with Crippen molar-refractivity contribution in [3.05, 3.63) is 60.2 Å². The van der Waals surface area contributed by atoms with E-state index in [1.165, 1.54) is 0 Å². The Hall–Kier alpha value is -2.62. The van der Waals surface area contributed by atoms with Crippen molar-refractivity contribution in [1.82, 2.24) is 4.98 Å². The third-order valence-corrected chi connectivity index (χ3v) is 3.42. The van der Waals surface area contributed by atoms with Crippen molar-refractivity contribution in [2.45, 2.75) is 19.8 Å². The average molecular weight is 280 g/mol. The van der Waals surface area contributed by atoms with E-state index in [2.05, 4.69) is 10.3 Å². The zero-order valence-corrected chi connectivity index (χ0v) is 11.8. The molecule has 0 aliphatic rings. The van der Waals surface area contributed by atoms with E-state index in [-0.39, 0.29) is 5.91 Å². The molecular weight excluding hydrogens is 264 g/mol. The normalized spacial score (nSPS) is 10.7. The van der Waals surface area contributed by atoms with Crippen LogP contribution in [0.1, 0.15) is 17.7 Å². The monoisotopic (exact) mass is 280 g/mol. The second-order valence-corrected chi connectivity index (χ2v) is 4.96. The maximum atomic E-state index is 12.1. The van der Waals surface area contributed by atoms with Crippen molar-refractivity contribution < 1.29 is 9.21 Å². The molecule has 0 fully saturated rings. The van der Waals surface area contributed by atoms with Crippen molar-refractivity contribution in [3.63, 3.8) is 0 Å². The van der Waals surface area contributed by atoms with Gasteiger partial charge in [-0.3, -0.25) is 9.78 Å². The van der Waals surface area contributed by atoms with Crippen LogP contribution >= 0.6 is 0 Å². The van der Waals surface area contributed by atoms with Crippen LogP contribution in [0.3, 0.4) is 0 Å². The standard InChI is InChI=1S/C17H16N2O2/c1-12-6-8-15(14-5-2-10-18-17(12)14)19-16(20)9-7-13-4-3-11-21-13/h2-6,8,10-11H,7,9H2,1H3,(H,19,20). The Bertz CT molecular complexity index is 764. The Kier molecular flexibility index (Phi) is 3.69. The number of nitrogens with one attached hydrogen (secondary N) is 1. The Balaban J connectivity index is 1.75. The first-order valence-electron chi connectivity index (χ1n) is 6.90. The fourth-order valence-corrected chi connectivity index (χ4v) is 2.33. The van der Waals surface area contributed by atoms with Crippen LogP contribution in [-0.4, -0.2) is 10.9 Å². The Morgan fingerprint density at radius 2 is 2.14 bits per heavy atom. The maximum Gasteiger partial charge on any atom is 0.224 e. The topological polar surface area (TPSA) is 55.1 Å². The molecule has 0 saturated carbocycles. The average Bonchev–Trinajstić information content (AvgIpc) is 3.02. The van der Waals surface area contributed by atoms with Gasteiger partial charge in [-0.1, -0.05) is 6.07 Å². The molecule has 0 spiro atoms. The summed E-state index contributed by atoms with van der Waals surface area (Å²) in [5.41, 5.74) is 2.81. The fourth-order valence-electron chi connectivity index (χ4n) is 2.33. The van der Waals surface area contributed by atoms with Crippen molar-refractivity contribution in [2.75, 3.05) is 5.32 Å². The van der Waals surface area contributed by atoms with Gasteiger partial charge in [-0.15, -0.1) is 0 Å². The van der Waals surface area contributed by atoms with Crippen molar-refractivity contribution >= 4 is 22.5 Å². The molecule has 3 aromatic rings. The number of hydrogen-bond donors (Lipinski definition) is 1. The number of pyridine rings is 1. The number of furan rings is 1. The van der Waals surface area contributed by atoms with E-state index in [9.17, 15) is 4.79 Å². The van der Waals surface area contributed by atoms with Crippen LogP contribution in [0.15, 0.2) is 53.3 Å². The van der Waals surface area contributed by atoms with E-state index < -0.39 is 0 Å². The van der Waals surface area contributed by atoms with E-state index in [0.717, 1.165) is 27.9 Å². The number of rotatable bonds is 4. The number of fused-ring (bicyclic) bond motifs is 1. The molecule has 0 atom stereocenters. The molecule has 4 nitrogen and oxygen atoms in total. The van der Waals surface area contributed by atoms with Gasteiger partial charge in [0.1, 0.15) is 5.76 Å². The SMILES string of the molecule is Cc1ccc(NC(=O)CCc2ccco2)c2cccnc12. The van der Waals surface area contributed by atoms with Crippen molar-refractivity contribution in [1.29, 1.82) is 0 Å². The van der Waals surface area contributed by atoms with Crippen LogP contribution in [0.2, 0.25) is 0 Å². The van der Waals surface area contributed by atoms with Gasteiger partial charge in [0.15, 0.2) is 0 Å². The van der Waals surface area contributed by atoms with E-state index in [0.29, 0.717) is 12.8 Å². The summed E-state index contributed by atoms with van der Waals surface area (Å²) in [7, 11) is 0. The highest BCUT2D eigenvalue weighted by molar-refractivity contribution is 6.01. The van der Waals surface area contributed by atoms with Gasteiger partial charge in [0.25, 0.3) is 0 Å². The van der Waals surface area contributed by atoms with Crippen LogP contribution in [0.25, 0.3) is 10.9 Å². The van der Waals surface area contributed by atoms with Gasteiger partial charge >= 0.3 is 0 Å². The van der Waals surface area contributed by atoms with Gasteiger partial charge in [0.05, 0.1) is 17.5 Å². The minimum Gasteiger partial charge on any atom is -0.469 e. The third kappa shape index (κ3) is 2.94. The van der Waals surface area contributed by atoms with Crippen LogP contribution < -0.4 is 5.32 Å². The Morgan fingerprint density at radius 1 is 1.24 bits per heavy atom. The smallest absolute Gasteiger partial charge is 0.224 e. The molecule has 4 heteroatoms. The van der Waals surface area contributed by atoms with E-state index in [1.807, 2.05) is 43.3 Å². The molecule has 0 unspecified atom stereocenters. The molecular formula is C17H16N2O2. The number of anilines is 1. The zero-order chi connectivity index (χ0) is 14.7.